The van der Waals surface area contributed by atoms with Crippen molar-refractivity contribution >= 4 is 27.3 Å². The number of nitrogens with zero attached hydrogens (tertiary/aromatic N) is 5. The predicted octanol–water partition coefficient (Wildman–Crippen LogP) is 3.20. The fourth-order valence-corrected chi connectivity index (χ4v) is 5.77. The van der Waals surface area contributed by atoms with Gasteiger partial charge in [-0.05, 0) is 43.9 Å². The van der Waals surface area contributed by atoms with E-state index in [0.29, 0.717) is 48.3 Å². The fourth-order valence-electron chi connectivity index (χ4n) is 4.71. The normalized spacial score (nSPS) is 18.5. The van der Waals surface area contributed by atoms with Crippen LogP contribution in [0.15, 0.2) is 53.8 Å². The molecule has 1 fully saturated rings. The summed E-state index contributed by atoms with van der Waals surface area (Å²) in [5.74, 6) is -1.47. The molecular weight excluding hydrogens is 468 g/mol. The Morgan fingerprint density at radius 2 is 1.80 bits per heavy atom. The number of aliphatic carboxylic acids is 1. The molecule has 35 heavy (non-hydrogen) atoms. The molecule has 0 spiro atoms. The second kappa shape index (κ2) is 8.73. The minimum absolute atomic E-state index is 0.00262. The first-order valence-electron chi connectivity index (χ1n) is 11.2. The van der Waals surface area contributed by atoms with Crippen molar-refractivity contribution in [3.05, 3.63) is 54.6 Å². The Labute approximate surface area is 201 Å². The molecule has 0 aliphatic heterocycles. The largest absolute Gasteiger partial charge is 0.481 e. The Hall–Kier alpha value is -3.86. The highest BCUT2D eigenvalue weighted by molar-refractivity contribution is 7.91. The SMILES string of the molecule is CS(=O)(=O)c1c(N)n2ncc(-c3ccc(-c4ccccn4)nc3)c2nc1[C@H]1CC[C@@H](C(=O)O)CC1. The van der Waals surface area contributed by atoms with Gasteiger partial charge < -0.3 is 10.8 Å². The predicted molar refractivity (Wildman–Crippen MR) is 129 cm³/mol. The number of fused-ring (bicyclic) bond motifs is 1. The van der Waals surface area contributed by atoms with Gasteiger partial charge in [0.2, 0.25) is 0 Å². The topological polar surface area (TPSA) is 153 Å². The van der Waals surface area contributed by atoms with Crippen molar-refractivity contribution < 1.29 is 18.3 Å². The van der Waals surface area contributed by atoms with Crippen LogP contribution in [-0.2, 0) is 14.6 Å². The maximum Gasteiger partial charge on any atom is 0.306 e. The first-order valence-corrected chi connectivity index (χ1v) is 13.1. The number of anilines is 1. The van der Waals surface area contributed by atoms with Crippen LogP contribution in [0, 0.1) is 5.92 Å². The van der Waals surface area contributed by atoms with Gasteiger partial charge in [0.25, 0.3) is 0 Å². The number of rotatable bonds is 5. The van der Waals surface area contributed by atoms with E-state index in [1.165, 1.54) is 4.52 Å². The fraction of sp³-hybridized carbons (Fsp3) is 0.292. The smallest absolute Gasteiger partial charge is 0.306 e. The summed E-state index contributed by atoms with van der Waals surface area (Å²) in [6.45, 7) is 0. The molecule has 1 saturated carbocycles. The van der Waals surface area contributed by atoms with Gasteiger partial charge in [0.1, 0.15) is 10.7 Å². The molecule has 10 nitrogen and oxygen atoms in total. The van der Waals surface area contributed by atoms with Gasteiger partial charge in [0.05, 0.1) is 29.2 Å². The summed E-state index contributed by atoms with van der Waals surface area (Å²) < 4.78 is 26.8. The molecule has 0 radical (unpaired) electrons. The Morgan fingerprint density at radius 1 is 1.06 bits per heavy atom. The maximum atomic E-state index is 12.7. The molecule has 4 aromatic rings. The lowest BCUT2D eigenvalue weighted by Gasteiger charge is -2.27. The van der Waals surface area contributed by atoms with E-state index in [2.05, 4.69) is 15.1 Å². The van der Waals surface area contributed by atoms with Crippen LogP contribution in [0.25, 0.3) is 28.2 Å². The van der Waals surface area contributed by atoms with E-state index in [4.69, 9.17) is 10.7 Å². The number of sulfone groups is 1. The van der Waals surface area contributed by atoms with Gasteiger partial charge in [-0.25, -0.2) is 13.4 Å². The number of hydrogen-bond acceptors (Lipinski definition) is 8. The molecule has 1 aliphatic rings. The average Bonchev–Trinajstić information content (AvgIpc) is 3.28. The van der Waals surface area contributed by atoms with E-state index in [0.717, 1.165) is 17.5 Å². The van der Waals surface area contributed by atoms with Crippen LogP contribution in [0.5, 0.6) is 0 Å². The van der Waals surface area contributed by atoms with Crippen molar-refractivity contribution in [2.45, 2.75) is 36.5 Å². The summed E-state index contributed by atoms with van der Waals surface area (Å²) in [4.78, 5) is 24.9. The third-order valence-electron chi connectivity index (χ3n) is 6.50. The molecule has 0 unspecified atom stereocenters. The van der Waals surface area contributed by atoms with E-state index in [9.17, 15) is 18.3 Å². The van der Waals surface area contributed by atoms with E-state index in [1.807, 2.05) is 30.3 Å². The molecule has 5 rings (SSSR count). The van der Waals surface area contributed by atoms with Gasteiger partial charge in [0, 0.05) is 35.7 Å². The van der Waals surface area contributed by atoms with Crippen LogP contribution in [0.2, 0.25) is 0 Å². The Bertz CT molecular complexity index is 1510. The maximum absolute atomic E-state index is 12.7. The van der Waals surface area contributed by atoms with E-state index in [-0.39, 0.29) is 16.6 Å². The van der Waals surface area contributed by atoms with Gasteiger partial charge in [-0.1, -0.05) is 12.1 Å². The molecule has 4 heterocycles. The van der Waals surface area contributed by atoms with E-state index < -0.39 is 21.7 Å². The van der Waals surface area contributed by atoms with Crippen molar-refractivity contribution in [3.8, 4) is 22.5 Å². The molecule has 0 bridgehead atoms. The number of hydrogen-bond donors (Lipinski definition) is 2. The lowest BCUT2D eigenvalue weighted by atomic mass is 9.80. The molecule has 180 valence electrons. The summed E-state index contributed by atoms with van der Waals surface area (Å²) >= 11 is 0. The van der Waals surface area contributed by atoms with Crippen LogP contribution in [0.4, 0.5) is 5.82 Å². The van der Waals surface area contributed by atoms with Crippen molar-refractivity contribution in [2.75, 3.05) is 12.0 Å². The third-order valence-corrected chi connectivity index (χ3v) is 7.66. The van der Waals surface area contributed by atoms with Crippen molar-refractivity contribution in [1.82, 2.24) is 24.6 Å². The molecule has 0 amide bonds. The number of nitrogens with two attached hydrogens (primary N) is 1. The van der Waals surface area contributed by atoms with Gasteiger partial charge in [-0.3, -0.25) is 14.8 Å². The minimum Gasteiger partial charge on any atom is -0.481 e. The number of nitrogen functional groups attached to an aromatic ring is 1. The van der Waals surface area contributed by atoms with Crippen LogP contribution in [0.1, 0.15) is 37.3 Å². The van der Waals surface area contributed by atoms with Crippen LogP contribution < -0.4 is 5.73 Å². The summed E-state index contributed by atoms with van der Waals surface area (Å²) in [5.41, 5.74) is 10.0. The first kappa shape index (κ1) is 22.9. The Balaban J connectivity index is 1.60. The minimum atomic E-state index is -3.71. The van der Waals surface area contributed by atoms with Crippen LogP contribution >= 0.6 is 0 Å². The summed E-state index contributed by atoms with van der Waals surface area (Å²) in [6, 6.07) is 9.33. The van der Waals surface area contributed by atoms with Gasteiger partial charge in [0.15, 0.2) is 15.5 Å². The summed E-state index contributed by atoms with van der Waals surface area (Å²) in [5, 5.41) is 13.7. The monoisotopic (exact) mass is 492 g/mol. The van der Waals surface area contributed by atoms with E-state index >= 15 is 0 Å². The van der Waals surface area contributed by atoms with Gasteiger partial charge in [-0.2, -0.15) is 9.61 Å². The van der Waals surface area contributed by atoms with Gasteiger partial charge >= 0.3 is 5.97 Å². The summed E-state index contributed by atoms with van der Waals surface area (Å²) in [7, 11) is -3.71. The molecule has 0 aromatic carbocycles. The molecule has 4 aromatic heterocycles. The van der Waals surface area contributed by atoms with Gasteiger partial charge in [-0.15, -0.1) is 0 Å². The van der Waals surface area contributed by atoms with Crippen LogP contribution in [0.3, 0.4) is 0 Å². The molecule has 1 aliphatic carbocycles. The van der Waals surface area contributed by atoms with Crippen LogP contribution in [-0.4, -0.2) is 50.3 Å². The number of carbonyl (C=O) groups is 1. The number of pyridine rings is 2. The lowest BCUT2D eigenvalue weighted by Crippen LogP contribution is -2.23. The number of carboxylic acid groups (broad SMARTS) is 1. The Morgan fingerprint density at radius 3 is 2.40 bits per heavy atom. The molecule has 11 heteroatoms. The van der Waals surface area contributed by atoms with E-state index in [1.54, 1.807) is 18.6 Å². The zero-order chi connectivity index (χ0) is 24.7. The molecule has 0 atom stereocenters. The highest BCUT2D eigenvalue weighted by Crippen LogP contribution is 2.40. The van der Waals surface area contributed by atoms with Crippen molar-refractivity contribution in [2.24, 2.45) is 5.92 Å². The summed E-state index contributed by atoms with van der Waals surface area (Å²) in [6.07, 6.45) is 8.05. The van der Waals surface area contributed by atoms with Crippen molar-refractivity contribution in [3.63, 3.8) is 0 Å². The quantitative estimate of drug-likeness (QED) is 0.427. The second-order valence-electron chi connectivity index (χ2n) is 8.81. The zero-order valence-electron chi connectivity index (χ0n) is 19.0. The average molecular weight is 493 g/mol. The second-order valence-corrected chi connectivity index (χ2v) is 10.8. The standard InChI is InChI=1S/C24H24N6O4S/c1-35(33,34)21-20(14-5-7-15(8-6-14)24(31)32)29-23-17(13-28-30(23)22(21)25)16-9-10-19(27-12-16)18-4-2-3-11-26-18/h2-4,9-15H,5-8,25H2,1H3,(H,31,32)/t14-,15+. The molecular formula is C24H24N6O4S. The number of carboxylic acids is 1. The zero-order valence-corrected chi connectivity index (χ0v) is 19.8. The highest BCUT2D eigenvalue weighted by atomic mass is 32.2. The van der Waals surface area contributed by atoms with Crippen molar-refractivity contribution in [1.29, 1.82) is 0 Å². The molecule has 0 saturated heterocycles. The lowest BCUT2D eigenvalue weighted by molar-refractivity contribution is -0.142. The first-order chi connectivity index (χ1) is 16.7. The number of aromatic nitrogens is 5. The molecule has 3 N–H and O–H groups in total. The third kappa shape index (κ3) is 4.23. The highest BCUT2D eigenvalue weighted by Gasteiger charge is 2.33. The Kier molecular flexibility index (Phi) is 5.72.